The number of benzene rings is 5. The molecule has 0 unspecified atom stereocenters. The van der Waals surface area contributed by atoms with Crippen LogP contribution in [-0.4, -0.2) is 134 Å². The number of hydrogen-bond acceptors (Lipinski definition) is 20. The zero-order valence-electron chi connectivity index (χ0n) is 61.3. The van der Waals surface area contributed by atoms with Crippen molar-refractivity contribution in [2.75, 3.05) is 35.5 Å². The van der Waals surface area contributed by atoms with Gasteiger partial charge >= 0.3 is 0 Å². The van der Waals surface area contributed by atoms with Gasteiger partial charge in [0.25, 0.3) is 27.8 Å². The summed E-state index contributed by atoms with van der Waals surface area (Å²) < 4.78 is 33.9. The molecule has 0 bridgehead atoms. The SMILES string of the molecule is COc1ccc(-n2[nH]c3c(cnc4cc(Br)ncc43)c2=O)cc1.COc1ccc(-n2[nH]c3c(cnc4cc(C)ncc43)c2=O)cc1.COc1ccc(-n2[nH]c3c(cnc4cc(Cl)ncc43)c2=O)cc1.COc1ccc(-n2[nH]c3c(cnc4cccnc43)c2=O)cc1.COc1cccc(-n2[nH]c3c(cnc4cc(C)ncc43)c2=O)c1. The minimum absolute atomic E-state index is 0.139. The zero-order chi connectivity index (χ0) is 79.0. The van der Waals surface area contributed by atoms with E-state index in [1.807, 2.05) is 135 Å². The first kappa shape index (κ1) is 73.2. The van der Waals surface area contributed by atoms with Crippen LogP contribution in [0.5, 0.6) is 28.7 Å². The first-order valence-corrected chi connectivity index (χ1v) is 36.0. The van der Waals surface area contributed by atoms with E-state index < -0.39 is 0 Å². The molecule has 564 valence electrons. The standard InChI is InChI=1S/2C17H14N4O2.C16H11BrN4O2.C16H11ClN4O2.C16H12N4O2/c1-10-7-15-13(8-18-10)16-14(9-19-15)17(22)21(20-16)11-3-5-12(23-2)6-4-11;1-10-6-15-13(8-18-10)16-14(9-19-15)17(22)21(20-16)11-4-3-5-12(7-11)23-2;2*1-23-10-4-2-9(3-5-10)21-16(22)12-8-18-13-6-14(17)19-7-11(13)15(12)20-21;1-22-11-6-4-10(5-7-11)20-16(21)12-9-18-13-3-2-8-17-15(13)14(12)19-20/h2*3-9,20H,1-2H3;2*2-8,20H,1H3;2-9,19H,1H3. The largest absolute Gasteiger partial charge is 0.497 e. The van der Waals surface area contributed by atoms with Gasteiger partial charge in [-0.1, -0.05) is 17.7 Å². The normalized spacial score (nSPS) is 11.2. The van der Waals surface area contributed by atoms with E-state index in [2.05, 4.69) is 91.3 Å². The molecule has 0 aliphatic rings. The maximum atomic E-state index is 12.7. The number of halogens is 2. The molecule has 114 heavy (non-hydrogen) atoms. The van der Waals surface area contributed by atoms with E-state index in [0.717, 1.165) is 112 Å². The highest BCUT2D eigenvalue weighted by Crippen LogP contribution is 2.29. The Morgan fingerprint density at radius 1 is 0.298 bits per heavy atom. The highest BCUT2D eigenvalue weighted by Gasteiger charge is 2.19. The molecule has 20 rings (SSSR count). The van der Waals surface area contributed by atoms with Gasteiger partial charge in [0.2, 0.25) is 0 Å². The van der Waals surface area contributed by atoms with E-state index in [9.17, 15) is 24.0 Å². The minimum Gasteiger partial charge on any atom is -0.497 e. The van der Waals surface area contributed by atoms with Crippen molar-refractivity contribution in [1.29, 1.82) is 0 Å². The molecule has 5 aromatic carbocycles. The Hall–Kier alpha value is -15.0. The fraction of sp³-hybridized carbons (Fsp3) is 0.0854. The number of hydrogen-bond donors (Lipinski definition) is 5. The Bertz CT molecular complexity index is 7000. The number of nitrogens with one attached hydrogen (secondary N) is 5. The summed E-state index contributed by atoms with van der Waals surface area (Å²) in [6.45, 7) is 3.83. The highest BCUT2D eigenvalue weighted by molar-refractivity contribution is 9.10. The summed E-state index contributed by atoms with van der Waals surface area (Å²) in [7, 11) is 8.01. The Morgan fingerprint density at radius 2 is 0.614 bits per heavy atom. The summed E-state index contributed by atoms with van der Waals surface area (Å²) in [4.78, 5) is 106. The van der Waals surface area contributed by atoms with E-state index >= 15 is 0 Å². The monoisotopic (exact) mass is 1600 g/mol. The van der Waals surface area contributed by atoms with Crippen molar-refractivity contribution in [3.05, 3.63) is 293 Å². The molecule has 0 amide bonds. The van der Waals surface area contributed by atoms with Gasteiger partial charge in [0.15, 0.2) is 0 Å². The van der Waals surface area contributed by atoms with E-state index in [0.29, 0.717) is 75.9 Å². The van der Waals surface area contributed by atoms with Crippen LogP contribution in [0.15, 0.2) is 248 Å². The Morgan fingerprint density at radius 3 is 1.00 bits per heavy atom. The van der Waals surface area contributed by atoms with Gasteiger partial charge in [-0.25, -0.2) is 33.4 Å². The van der Waals surface area contributed by atoms with Crippen LogP contribution in [0.4, 0.5) is 0 Å². The van der Waals surface area contributed by atoms with Crippen molar-refractivity contribution in [3.8, 4) is 57.2 Å². The van der Waals surface area contributed by atoms with Crippen molar-refractivity contribution in [2.24, 2.45) is 0 Å². The van der Waals surface area contributed by atoms with Crippen LogP contribution >= 0.6 is 27.5 Å². The summed E-state index contributed by atoms with van der Waals surface area (Å²) in [6, 6.07) is 47.3. The van der Waals surface area contributed by atoms with Crippen LogP contribution in [0, 0.1) is 13.8 Å². The number of aryl methyl sites for hydroxylation is 2. The van der Waals surface area contributed by atoms with Gasteiger partial charge in [0.05, 0.1) is 146 Å². The fourth-order valence-corrected chi connectivity index (χ4v) is 13.4. The van der Waals surface area contributed by atoms with E-state index in [1.165, 1.54) is 23.4 Å². The molecule has 0 fully saturated rings. The predicted molar refractivity (Wildman–Crippen MR) is 440 cm³/mol. The average Bonchev–Trinajstić information content (AvgIpc) is 1.65. The molecule has 20 aromatic rings. The van der Waals surface area contributed by atoms with Crippen LogP contribution in [0.25, 0.3) is 138 Å². The third kappa shape index (κ3) is 14.0. The van der Waals surface area contributed by atoms with E-state index in [-0.39, 0.29) is 27.8 Å². The van der Waals surface area contributed by atoms with Crippen molar-refractivity contribution in [3.63, 3.8) is 0 Å². The summed E-state index contributed by atoms with van der Waals surface area (Å²) >= 11 is 9.22. The third-order valence-corrected chi connectivity index (χ3v) is 19.4. The lowest BCUT2D eigenvalue weighted by Crippen LogP contribution is -2.14. The Kier molecular flexibility index (Phi) is 19.8. The number of ether oxygens (including phenoxy) is 5. The summed E-state index contributed by atoms with van der Waals surface area (Å²) in [5.74, 6) is 3.63. The van der Waals surface area contributed by atoms with Crippen molar-refractivity contribution >= 4 is 137 Å². The summed E-state index contributed by atoms with van der Waals surface area (Å²) in [5.41, 5.74) is 12.7. The van der Waals surface area contributed by atoms with Gasteiger partial charge < -0.3 is 23.7 Å². The van der Waals surface area contributed by atoms with Crippen molar-refractivity contribution < 1.29 is 23.7 Å². The number of nitrogens with zero attached hydrogens (tertiary/aromatic N) is 15. The van der Waals surface area contributed by atoms with Gasteiger partial charge in [0.1, 0.15) is 44.0 Å². The number of fused-ring (bicyclic) bond motifs is 15. The number of methoxy groups -OCH3 is 5. The lowest BCUT2D eigenvalue weighted by Gasteiger charge is -2.04. The van der Waals surface area contributed by atoms with Crippen LogP contribution in [0.3, 0.4) is 0 Å². The highest BCUT2D eigenvalue weighted by atomic mass is 79.9. The molecule has 0 saturated carbocycles. The fourth-order valence-electron chi connectivity index (χ4n) is 12.9. The molecule has 0 aliphatic carbocycles. The van der Waals surface area contributed by atoms with E-state index in [1.54, 1.807) is 134 Å². The minimum atomic E-state index is -0.172. The van der Waals surface area contributed by atoms with Crippen LogP contribution < -0.4 is 51.5 Å². The molecule has 0 radical (unpaired) electrons. The zero-order valence-corrected chi connectivity index (χ0v) is 63.7. The maximum Gasteiger partial charge on any atom is 0.280 e. The number of pyridine rings is 10. The van der Waals surface area contributed by atoms with Gasteiger partial charge in [-0.3, -0.25) is 89.3 Å². The number of rotatable bonds is 10. The molecule has 15 aromatic heterocycles. The molecule has 0 saturated heterocycles. The van der Waals surface area contributed by atoms with Gasteiger partial charge in [-0.2, -0.15) is 0 Å². The topological polar surface area (TPSA) is 364 Å². The Labute approximate surface area is 654 Å². The molecule has 0 atom stereocenters. The van der Waals surface area contributed by atoms with Crippen molar-refractivity contribution in [2.45, 2.75) is 13.8 Å². The number of aromatic nitrogens is 20. The van der Waals surface area contributed by atoms with Crippen molar-refractivity contribution in [1.82, 2.24) is 98.7 Å². The lowest BCUT2D eigenvalue weighted by molar-refractivity contribution is 0.414. The quantitative estimate of drug-likeness (QED) is 0.0794. The average molecular weight is 1600 g/mol. The first-order chi connectivity index (χ1) is 55.5. The first-order valence-electron chi connectivity index (χ1n) is 34.9. The molecule has 32 heteroatoms. The molecule has 15 heterocycles. The van der Waals surface area contributed by atoms with Gasteiger partial charge in [-0.05, 0) is 169 Å². The Balaban J connectivity index is 0.000000107. The maximum absolute atomic E-state index is 12.7. The smallest absolute Gasteiger partial charge is 0.280 e. The van der Waals surface area contributed by atoms with Gasteiger partial charge in [0, 0.05) is 107 Å². The van der Waals surface area contributed by atoms with Crippen LogP contribution in [0.2, 0.25) is 5.15 Å². The predicted octanol–water partition coefficient (Wildman–Crippen LogP) is 13.4. The summed E-state index contributed by atoms with van der Waals surface area (Å²) in [5, 5.41) is 21.9. The molecule has 0 aliphatic heterocycles. The molecular formula is C82H62BrClN20O10. The third-order valence-electron chi connectivity index (χ3n) is 18.8. The van der Waals surface area contributed by atoms with Crippen LogP contribution in [-0.2, 0) is 0 Å². The molecule has 5 N–H and O–H groups in total. The molecule has 0 spiro atoms. The molecular weight excluding hydrogens is 1540 g/mol. The summed E-state index contributed by atoms with van der Waals surface area (Å²) in [6.07, 6.45) is 16.4. The second-order valence-electron chi connectivity index (χ2n) is 25.6. The second kappa shape index (κ2) is 30.8. The number of H-pyrrole nitrogens is 5. The number of aromatic amines is 5. The molecule has 30 nitrogen and oxygen atoms in total. The van der Waals surface area contributed by atoms with Crippen LogP contribution in [0.1, 0.15) is 11.4 Å². The lowest BCUT2D eigenvalue weighted by atomic mass is 10.2. The van der Waals surface area contributed by atoms with E-state index in [4.69, 9.17) is 35.3 Å². The second-order valence-corrected chi connectivity index (χ2v) is 26.8. The van der Waals surface area contributed by atoms with Gasteiger partial charge in [-0.15, -0.1) is 0 Å².